The molecular formula is C19H27N5O2S. The number of anilines is 1. The maximum absolute atomic E-state index is 12.8. The summed E-state index contributed by atoms with van der Waals surface area (Å²) in [6.45, 7) is 8.42. The van der Waals surface area contributed by atoms with E-state index in [1.54, 1.807) is 4.90 Å². The van der Waals surface area contributed by atoms with Crippen molar-refractivity contribution in [1.29, 1.82) is 0 Å². The highest BCUT2D eigenvalue weighted by atomic mass is 32.2. The first-order valence-corrected chi connectivity index (χ1v) is 10.2. The number of aromatic nitrogens is 3. The summed E-state index contributed by atoms with van der Waals surface area (Å²) in [5, 5.41) is 9.28. The van der Waals surface area contributed by atoms with E-state index in [-0.39, 0.29) is 11.2 Å². The van der Waals surface area contributed by atoms with Crippen molar-refractivity contribution in [3.63, 3.8) is 0 Å². The number of hydrogen-bond acceptors (Lipinski definition) is 6. The van der Waals surface area contributed by atoms with Gasteiger partial charge in [0.2, 0.25) is 11.9 Å². The molecule has 7 nitrogen and oxygen atoms in total. The number of morpholine rings is 1. The Bertz CT molecular complexity index is 746. The molecule has 0 bridgehead atoms. The Morgan fingerprint density at radius 3 is 2.63 bits per heavy atom. The molecule has 27 heavy (non-hydrogen) atoms. The van der Waals surface area contributed by atoms with E-state index in [0.717, 1.165) is 36.3 Å². The fourth-order valence-electron chi connectivity index (χ4n) is 3.10. The number of hydrogen-bond donors (Lipinski definition) is 0. The van der Waals surface area contributed by atoms with Crippen LogP contribution in [0.2, 0.25) is 0 Å². The molecular weight excluding hydrogens is 362 g/mol. The van der Waals surface area contributed by atoms with Gasteiger partial charge in [-0.15, -0.1) is 10.2 Å². The normalized spacial score (nSPS) is 15.6. The maximum Gasteiger partial charge on any atom is 0.235 e. The SMILES string of the molecule is CCn1c(S[C@H](C)C(=O)N(C)Cc2ccccc2)nnc1N1CCOCC1. The summed E-state index contributed by atoms with van der Waals surface area (Å²) in [6.07, 6.45) is 0. The molecule has 2 heterocycles. The monoisotopic (exact) mass is 389 g/mol. The Labute approximate surface area is 164 Å². The maximum atomic E-state index is 12.8. The van der Waals surface area contributed by atoms with Gasteiger partial charge in [0.15, 0.2) is 5.16 Å². The lowest BCUT2D eigenvalue weighted by atomic mass is 10.2. The second-order valence-corrected chi connectivity index (χ2v) is 7.87. The predicted molar refractivity (Wildman–Crippen MR) is 107 cm³/mol. The molecule has 1 fully saturated rings. The number of amides is 1. The fourth-order valence-corrected chi connectivity index (χ4v) is 4.12. The van der Waals surface area contributed by atoms with Crippen molar-refractivity contribution in [2.24, 2.45) is 0 Å². The molecule has 0 N–H and O–H groups in total. The van der Waals surface area contributed by atoms with Crippen LogP contribution in [0.15, 0.2) is 35.5 Å². The minimum absolute atomic E-state index is 0.0856. The Morgan fingerprint density at radius 1 is 1.26 bits per heavy atom. The van der Waals surface area contributed by atoms with E-state index < -0.39 is 0 Å². The third-order valence-electron chi connectivity index (χ3n) is 4.58. The summed E-state index contributed by atoms with van der Waals surface area (Å²) in [5.41, 5.74) is 1.12. The van der Waals surface area contributed by atoms with Crippen LogP contribution >= 0.6 is 11.8 Å². The fraction of sp³-hybridized carbons (Fsp3) is 0.526. The zero-order chi connectivity index (χ0) is 19.2. The van der Waals surface area contributed by atoms with Gasteiger partial charge in [-0.05, 0) is 19.4 Å². The van der Waals surface area contributed by atoms with Crippen molar-refractivity contribution in [3.05, 3.63) is 35.9 Å². The molecule has 0 unspecified atom stereocenters. The molecule has 146 valence electrons. The van der Waals surface area contributed by atoms with Crippen LogP contribution in [0.5, 0.6) is 0 Å². The van der Waals surface area contributed by atoms with E-state index in [0.29, 0.717) is 19.8 Å². The minimum atomic E-state index is -0.231. The smallest absolute Gasteiger partial charge is 0.235 e. The van der Waals surface area contributed by atoms with Crippen LogP contribution in [0.25, 0.3) is 0 Å². The lowest BCUT2D eigenvalue weighted by Crippen LogP contribution is -2.38. The van der Waals surface area contributed by atoms with Crippen LogP contribution in [-0.2, 0) is 22.6 Å². The van der Waals surface area contributed by atoms with Gasteiger partial charge < -0.3 is 14.5 Å². The Morgan fingerprint density at radius 2 is 1.96 bits per heavy atom. The van der Waals surface area contributed by atoms with Crippen molar-refractivity contribution < 1.29 is 9.53 Å². The molecule has 8 heteroatoms. The van der Waals surface area contributed by atoms with Gasteiger partial charge in [0.1, 0.15) is 0 Å². The molecule has 1 aromatic carbocycles. The number of ether oxygens (including phenoxy) is 1. The molecule has 1 aliphatic rings. The van der Waals surface area contributed by atoms with E-state index in [1.807, 2.05) is 44.3 Å². The zero-order valence-corrected chi connectivity index (χ0v) is 17.0. The number of thioether (sulfide) groups is 1. The van der Waals surface area contributed by atoms with Crippen LogP contribution in [0, 0.1) is 0 Å². The van der Waals surface area contributed by atoms with Crippen LogP contribution in [0.3, 0.4) is 0 Å². The second-order valence-electron chi connectivity index (χ2n) is 6.57. The van der Waals surface area contributed by atoms with E-state index in [4.69, 9.17) is 4.74 Å². The zero-order valence-electron chi connectivity index (χ0n) is 16.2. The largest absolute Gasteiger partial charge is 0.378 e. The van der Waals surface area contributed by atoms with Gasteiger partial charge in [-0.3, -0.25) is 9.36 Å². The van der Waals surface area contributed by atoms with Crippen molar-refractivity contribution in [1.82, 2.24) is 19.7 Å². The third-order valence-corrected chi connectivity index (χ3v) is 5.64. The number of carbonyl (C=O) groups excluding carboxylic acids is 1. The summed E-state index contributed by atoms with van der Waals surface area (Å²) >= 11 is 1.47. The van der Waals surface area contributed by atoms with E-state index >= 15 is 0 Å². The third kappa shape index (κ3) is 4.81. The molecule has 3 rings (SSSR count). The summed E-state index contributed by atoms with van der Waals surface area (Å²) in [5.74, 6) is 0.947. The molecule has 1 atom stereocenters. The van der Waals surface area contributed by atoms with E-state index in [9.17, 15) is 4.79 Å². The topological polar surface area (TPSA) is 63.5 Å². The van der Waals surface area contributed by atoms with Gasteiger partial charge >= 0.3 is 0 Å². The lowest BCUT2D eigenvalue weighted by molar-refractivity contribution is -0.129. The van der Waals surface area contributed by atoms with Gasteiger partial charge in [-0.25, -0.2) is 0 Å². The number of rotatable bonds is 7. The average Bonchev–Trinajstić information content (AvgIpc) is 3.11. The van der Waals surface area contributed by atoms with Crippen molar-refractivity contribution >= 4 is 23.6 Å². The average molecular weight is 390 g/mol. The molecule has 1 saturated heterocycles. The van der Waals surface area contributed by atoms with Gasteiger partial charge in [0, 0.05) is 33.2 Å². The van der Waals surface area contributed by atoms with Gasteiger partial charge in [0.25, 0.3) is 0 Å². The van der Waals surface area contributed by atoms with Crippen molar-refractivity contribution in [2.45, 2.75) is 37.3 Å². The number of nitrogens with zero attached hydrogens (tertiary/aromatic N) is 5. The molecule has 1 aromatic heterocycles. The highest BCUT2D eigenvalue weighted by molar-refractivity contribution is 8.00. The van der Waals surface area contributed by atoms with Crippen molar-refractivity contribution in [2.75, 3.05) is 38.3 Å². The summed E-state index contributed by atoms with van der Waals surface area (Å²) in [7, 11) is 1.84. The minimum Gasteiger partial charge on any atom is -0.378 e. The molecule has 0 radical (unpaired) electrons. The van der Waals surface area contributed by atoms with Gasteiger partial charge in [-0.1, -0.05) is 42.1 Å². The van der Waals surface area contributed by atoms with E-state index in [2.05, 4.69) is 26.6 Å². The predicted octanol–water partition coefficient (Wildman–Crippen LogP) is 2.27. The van der Waals surface area contributed by atoms with Gasteiger partial charge in [-0.2, -0.15) is 0 Å². The van der Waals surface area contributed by atoms with Crippen LogP contribution in [0.4, 0.5) is 5.95 Å². The number of carbonyl (C=O) groups is 1. The lowest BCUT2D eigenvalue weighted by Gasteiger charge is -2.27. The summed E-state index contributed by atoms with van der Waals surface area (Å²) in [6, 6.07) is 10.0. The highest BCUT2D eigenvalue weighted by Gasteiger charge is 2.24. The molecule has 2 aromatic rings. The summed E-state index contributed by atoms with van der Waals surface area (Å²) < 4.78 is 7.50. The Balaban J connectivity index is 1.65. The van der Waals surface area contributed by atoms with Crippen molar-refractivity contribution in [3.8, 4) is 0 Å². The summed E-state index contributed by atoms with van der Waals surface area (Å²) in [4.78, 5) is 16.7. The standard InChI is InChI=1S/C19H27N5O2S/c1-4-24-18(23-10-12-26-13-11-23)20-21-19(24)27-15(2)17(25)22(3)14-16-8-6-5-7-9-16/h5-9,15H,4,10-14H2,1-3H3/t15-/m1/s1. The quantitative estimate of drug-likeness (QED) is 0.677. The first-order chi connectivity index (χ1) is 13.1. The van der Waals surface area contributed by atoms with E-state index in [1.165, 1.54) is 11.8 Å². The van der Waals surface area contributed by atoms with Crippen LogP contribution in [-0.4, -0.2) is 64.2 Å². The molecule has 0 spiro atoms. The first kappa shape index (κ1) is 19.7. The number of benzene rings is 1. The molecule has 1 aliphatic heterocycles. The Hall–Kier alpha value is -2.06. The van der Waals surface area contributed by atoms with Gasteiger partial charge in [0.05, 0.1) is 18.5 Å². The van der Waals surface area contributed by atoms with Crippen LogP contribution < -0.4 is 4.90 Å². The second kappa shape index (κ2) is 9.23. The van der Waals surface area contributed by atoms with Crippen LogP contribution in [0.1, 0.15) is 19.4 Å². The first-order valence-electron chi connectivity index (χ1n) is 9.31. The molecule has 1 amide bonds. The molecule has 0 saturated carbocycles. The Kier molecular flexibility index (Phi) is 6.73. The molecule has 0 aliphatic carbocycles. The highest BCUT2D eigenvalue weighted by Crippen LogP contribution is 2.27.